The SMILES string of the molecule is Nc1cc(Br)c(F)cc1NCC1CCCC1. The van der Waals surface area contributed by atoms with Crippen LogP contribution in [0.3, 0.4) is 0 Å². The average Bonchev–Trinajstić information content (AvgIpc) is 2.74. The molecular weight excluding hydrogens is 271 g/mol. The molecule has 1 aromatic carbocycles. The number of anilines is 2. The van der Waals surface area contributed by atoms with Gasteiger partial charge in [0, 0.05) is 12.6 Å². The first kappa shape index (κ1) is 11.7. The van der Waals surface area contributed by atoms with Crippen molar-refractivity contribution in [3.05, 3.63) is 22.4 Å². The van der Waals surface area contributed by atoms with Gasteiger partial charge in [-0.05, 0) is 40.8 Å². The van der Waals surface area contributed by atoms with Gasteiger partial charge in [-0.2, -0.15) is 0 Å². The highest BCUT2D eigenvalue weighted by Crippen LogP contribution is 2.29. The number of hydrogen-bond donors (Lipinski definition) is 2. The van der Waals surface area contributed by atoms with Crippen molar-refractivity contribution in [2.45, 2.75) is 25.7 Å². The van der Waals surface area contributed by atoms with Crippen molar-refractivity contribution in [3.8, 4) is 0 Å². The molecule has 0 spiro atoms. The van der Waals surface area contributed by atoms with Crippen molar-refractivity contribution >= 4 is 27.3 Å². The predicted octanol–water partition coefficient (Wildman–Crippen LogP) is 3.77. The molecular formula is C12H16BrFN2. The Kier molecular flexibility index (Phi) is 3.69. The maximum atomic E-state index is 13.3. The molecule has 0 aliphatic heterocycles. The van der Waals surface area contributed by atoms with Crippen molar-refractivity contribution in [2.75, 3.05) is 17.6 Å². The zero-order valence-corrected chi connectivity index (χ0v) is 10.7. The standard InChI is InChI=1S/C12H16BrFN2/c13-9-5-11(15)12(6-10(9)14)16-7-8-3-1-2-4-8/h5-6,8,16H,1-4,7,15H2. The number of benzene rings is 1. The van der Waals surface area contributed by atoms with E-state index in [1.807, 2.05) is 0 Å². The fraction of sp³-hybridized carbons (Fsp3) is 0.500. The van der Waals surface area contributed by atoms with Crippen molar-refractivity contribution in [3.63, 3.8) is 0 Å². The van der Waals surface area contributed by atoms with Crippen LogP contribution in [-0.2, 0) is 0 Å². The molecule has 1 aromatic rings. The predicted molar refractivity (Wildman–Crippen MR) is 69.0 cm³/mol. The van der Waals surface area contributed by atoms with Gasteiger partial charge in [-0.25, -0.2) is 4.39 Å². The lowest BCUT2D eigenvalue weighted by molar-refractivity contribution is 0.579. The lowest BCUT2D eigenvalue weighted by Gasteiger charge is -2.14. The Hall–Kier alpha value is -0.770. The maximum Gasteiger partial charge on any atom is 0.139 e. The normalized spacial score (nSPS) is 16.6. The molecule has 0 atom stereocenters. The minimum absolute atomic E-state index is 0.275. The van der Waals surface area contributed by atoms with Crippen molar-refractivity contribution in [1.29, 1.82) is 0 Å². The Bertz CT molecular complexity index is 376. The molecule has 1 aliphatic rings. The summed E-state index contributed by atoms with van der Waals surface area (Å²) in [5, 5.41) is 3.24. The molecule has 16 heavy (non-hydrogen) atoms. The third-order valence-corrected chi connectivity index (χ3v) is 3.76. The molecule has 2 rings (SSSR count). The zero-order valence-electron chi connectivity index (χ0n) is 9.10. The number of rotatable bonds is 3. The number of hydrogen-bond acceptors (Lipinski definition) is 2. The second-order valence-electron chi connectivity index (χ2n) is 4.38. The van der Waals surface area contributed by atoms with Gasteiger partial charge in [0.1, 0.15) is 5.82 Å². The van der Waals surface area contributed by atoms with Gasteiger partial charge in [-0.1, -0.05) is 12.8 Å². The summed E-state index contributed by atoms with van der Waals surface area (Å²) in [6.45, 7) is 0.894. The molecule has 3 N–H and O–H groups in total. The highest BCUT2D eigenvalue weighted by Gasteiger charge is 2.15. The molecule has 1 saturated carbocycles. The third-order valence-electron chi connectivity index (χ3n) is 3.15. The quantitative estimate of drug-likeness (QED) is 0.830. The second-order valence-corrected chi connectivity index (χ2v) is 5.24. The Morgan fingerprint density at radius 1 is 1.38 bits per heavy atom. The summed E-state index contributed by atoms with van der Waals surface area (Å²) in [6, 6.07) is 3.06. The maximum absolute atomic E-state index is 13.3. The molecule has 1 aliphatic carbocycles. The summed E-state index contributed by atoms with van der Waals surface area (Å²) in [7, 11) is 0. The molecule has 0 aromatic heterocycles. The Labute approximate surface area is 104 Å². The van der Waals surface area contributed by atoms with E-state index in [-0.39, 0.29) is 5.82 Å². The van der Waals surface area contributed by atoms with Gasteiger partial charge in [0.2, 0.25) is 0 Å². The highest BCUT2D eigenvalue weighted by molar-refractivity contribution is 9.10. The number of nitrogen functional groups attached to an aromatic ring is 1. The Balaban J connectivity index is 2.00. The molecule has 0 amide bonds. The lowest BCUT2D eigenvalue weighted by atomic mass is 10.1. The Morgan fingerprint density at radius 2 is 2.06 bits per heavy atom. The molecule has 0 heterocycles. The molecule has 0 bridgehead atoms. The summed E-state index contributed by atoms with van der Waals surface area (Å²) in [6.07, 6.45) is 5.17. The van der Waals surface area contributed by atoms with Crippen LogP contribution in [0.5, 0.6) is 0 Å². The van der Waals surface area contributed by atoms with E-state index in [1.165, 1.54) is 31.7 Å². The van der Waals surface area contributed by atoms with Gasteiger partial charge in [-0.3, -0.25) is 0 Å². The van der Waals surface area contributed by atoms with Crippen LogP contribution in [-0.4, -0.2) is 6.54 Å². The van der Waals surface area contributed by atoms with Gasteiger partial charge in [0.05, 0.1) is 15.8 Å². The summed E-state index contributed by atoms with van der Waals surface area (Å²) in [4.78, 5) is 0. The van der Waals surface area contributed by atoms with Crippen LogP contribution < -0.4 is 11.1 Å². The number of halogens is 2. The van der Waals surface area contributed by atoms with E-state index in [0.717, 1.165) is 6.54 Å². The molecule has 4 heteroatoms. The summed E-state index contributed by atoms with van der Waals surface area (Å²) >= 11 is 3.11. The molecule has 0 saturated heterocycles. The second kappa shape index (κ2) is 5.04. The van der Waals surface area contributed by atoms with Crippen LogP contribution in [0.2, 0.25) is 0 Å². The van der Waals surface area contributed by atoms with Crippen LogP contribution >= 0.6 is 15.9 Å². The van der Waals surface area contributed by atoms with Gasteiger partial charge in [0.15, 0.2) is 0 Å². The first-order chi connectivity index (χ1) is 7.66. The van der Waals surface area contributed by atoms with Gasteiger partial charge in [0.25, 0.3) is 0 Å². The zero-order chi connectivity index (χ0) is 11.5. The minimum atomic E-state index is -0.275. The van der Waals surface area contributed by atoms with E-state index < -0.39 is 0 Å². The monoisotopic (exact) mass is 286 g/mol. The molecule has 0 unspecified atom stereocenters. The number of nitrogens with one attached hydrogen (secondary N) is 1. The fourth-order valence-electron chi connectivity index (χ4n) is 2.18. The molecule has 0 radical (unpaired) electrons. The fourth-order valence-corrected chi connectivity index (χ4v) is 2.55. The average molecular weight is 287 g/mol. The van der Waals surface area contributed by atoms with Crippen LogP contribution in [0.1, 0.15) is 25.7 Å². The minimum Gasteiger partial charge on any atom is -0.397 e. The third kappa shape index (κ3) is 2.67. The molecule has 1 fully saturated rings. The lowest BCUT2D eigenvalue weighted by Crippen LogP contribution is -2.12. The van der Waals surface area contributed by atoms with E-state index in [0.29, 0.717) is 21.8 Å². The van der Waals surface area contributed by atoms with E-state index in [1.54, 1.807) is 6.07 Å². The van der Waals surface area contributed by atoms with Gasteiger partial charge in [-0.15, -0.1) is 0 Å². The summed E-state index contributed by atoms with van der Waals surface area (Å²) in [5.41, 5.74) is 7.11. The topological polar surface area (TPSA) is 38.0 Å². The van der Waals surface area contributed by atoms with E-state index in [9.17, 15) is 4.39 Å². The first-order valence-corrected chi connectivity index (χ1v) is 6.44. The highest BCUT2D eigenvalue weighted by atomic mass is 79.9. The van der Waals surface area contributed by atoms with E-state index in [2.05, 4.69) is 21.2 Å². The van der Waals surface area contributed by atoms with Crippen LogP contribution in [0.25, 0.3) is 0 Å². The van der Waals surface area contributed by atoms with E-state index >= 15 is 0 Å². The van der Waals surface area contributed by atoms with Crippen LogP contribution in [0, 0.1) is 11.7 Å². The summed E-state index contributed by atoms with van der Waals surface area (Å²) in [5.74, 6) is 0.439. The Morgan fingerprint density at radius 3 is 2.75 bits per heavy atom. The van der Waals surface area contributed by atoms with Crippen LogP contribution in [0.4, 0.5) is 15.8 Å². The summed E-state index contributed by atoms with van der Waals surface area (Å²) < 4.78 is 13.7. The smallest absolute Gasteiger partial charge is 0.139 e. The molecule has 2 nitrogen and oxygen atoms in total. The van der Waals surface area contributed by atoms with Crippen molar-refractivity contribution < 1.29 is 4.39 Å². The van der Waals surface area contributed by atoms with Crippen LogP contribution in [0.15, 0.2) is 16.6 Å². The first-order valence-electron chi connectivity index (χ1n) is 5.65. The largest absolute Gasteiger partial charge is 0.397 e. The van der Waals surface area contributed by atoms with E-state index in [4.69, 9.17) is 5.73 Å². The van der Waals surface area contributed by atoms with Gasteiger partial charge < -0.3 is 11.1 Å². The van der Waals surface area contributed by atoms with Gasteiger partial charge >= 0.3 is 0 Å². The molecule has 88 valence electrons. The number of nitrogens with two attached hydrogens (primary N) is 1. The van der Waals surface area contributed by atoms with Crippen molar-refractivity contribution in [2.24, 2.45) is 5.92 Å². The van der Waals surface area contributed by atoms with Crippen molar-refractivity contribution in [1.82, 2.24) is 0 Å².